The largest absolute Gasteiger partial charge is 0.381 e. The van der Waals surface area contributed by atoms with Crippen LogP contribution in [-0.4, -0.2) is 5.76 Å². The first kappa shape index (κ1) is 15.8. The Hall–Kier alpha value is -0.590. The van der Waals surface area contributed by atoms with Crippen molar-refractivity contribution in [3.63, 3.8) is 0 Å². The molecule has 0 radical (unpaired) electrons. The molecule has 0 saturated carbocycles. The highest BCUT2D eigenvalue weighted by Gasteiger charge is 2.04. The highest BCUT2D eigenvalue weighted by Crippen LogP contribution is 2.27. The fourth-order valence-electron chi connectivity index (χ4n) is 1.61. The van der Waals surface area contributed by atoms with Crippen molar-refractivity contribution in [1.29, 1.82) is 0 Å². The molecule has 6 heteroatoms. The number of hydrogen-bond acceptors (Lipinski definition) is 2. The molecule has 2 rings (SSSR count). The van der Waals surface area contributed by atoms with Crippen molar-refractivity contribution in [2.75, 3.05) is 5.32 Å². The predicted molar refractivity (Wildman–Crippen MR) is 87.5 cm³/mol. The third kappa shape index (κ3) is 4.75. The molecule has 2 aromatic rings. The van der Waals surface area contributed by atoms with E-state index in [1.807, 2.05) is 18.2 Å². The SMILES string of the molecule is FC(F)Sc1ccc(NCc2ccc(Br)c(Br)c2)cc1. The lowest BCUT2D eigenvalue weighted by atomic mass is 10.2. The van der Waals surface area contributed by atoms with Gasteiger partial charge in [0, 0.05) is 26.1 Å². The van der Waals surface area contributed by atoms with Crippen molar-refractivity contribution in [3.05, 3.63) is 57.0 Å². The van der Waals surface area contributed by atoms with Gasteiger partial charge in [-0.15, -0.1) is 0 Å². The van der Waals surface area contributed by atoms with Gasteiger partial charge in [0.05, 0.1) is 0 Å². The number of alkyl halides is 2. The quantitative estimate of drug-likeness (QED) is 0.581. The maximum absolute atomic E-state index is 12.2. The molecule has 106 valence electrons. The second kappa shape index (κ2) is 7.43. The molecule has 2 aromatic carbocycles. The number of benzene rings is 2. The molecule has 0 unspecified atom stereocenters. The lowest BCUT2D eigenvalue weighted by Gasteiger charge is -2.08. The molecule has 0 aliphatic rings. The third-order valence-corrected chi connectivity index (χ3v) is 5.16. The zero-order valence-electron chi connectivity index (χ0n) is 10.2. The Balaban J connectivity index is 1.95. The minimum absolute atomic E-state index is 0.553. The van der Waals surface area contributed by atoms with Crippen LogP contribution in [0.5, 0.6) is 0 Å². The summed E-state index contributed by atoms with van der Waals surface area (Å²) in [4.78, 5) is 0.567. The van der Waals surface area contributed by atoms with Crippen LogP contribution in [0.25, 0.3) is 0 Å². The zero-order chi connectivity index (χ0) is 14.5. The molecule has 0 atom stereocenters. The number of rotatable bonds is 5. The molecule has 0 bridgehead atoms. The molecule has 0 spiro atoms. The summed E-state index contributed by atoms with van der Waals surface area (Å²) in [5, 5.41) is 3.26. The van der Waals surface area contributed by atoms with Crippen molar-refractivity contribution in [3.8, 4) is 0 Å². The summed E-state index contributed by atoms with van der Waals surface area (Å²) in [6.07, 6.45) is 0. The molecule has 0 amide bonds. The normalized spacial score (nSPS) is 10.8. The first-order valence-electron chi connectivity index (χ1n) is 5.77. The van der Waals surface area contributed by atoms with Crippen molar-refractivity contribution >= 4 is 49.3 Å². The van der Waals surface area contributed by atoms with Gasteiger partial charge in [-0.25, -0.2) is 0 Å². The Labute approximate surface area is 137 Å². The van der Waals surface area contributed by atoms with Gasteiger partial charge in [-0.1, -0.05) is 17.8 Å². The summed E-state index contributed by atoms with van der Waals surface area (Å²) < 4.78 is 26.4. The molecular weight excluding hydrogens is 412 g/mol. The van der Waals surface area contributed by atoms with Gasteiger partial charge in [-0.2, -0.15) is 8.78 Å². The average molecular weight is 423 g/mol. The van der Waals surface area contributed by atoms with Crippen LogP contribution in [0.3, 0.4) is 0 Å². The molecule has 20 heavy (non-hydrogen) atoms. The van der Waals surface area contributed by atoms with Crippen LogP contribution in [-0.2, 0) is 6.54 Å². The van der Waals surface area contributed by atoms with Crippen LogP contribution >= 0.6 is 43.6 Å². The summed E-state index contributed by atoms with van der Waals surface area (Å²) in [5.41, 5.74) is 2.04. The van der Waals surface area contributed by atoms with Gasteiger partial charge < -0.3 is 5.32 Å². The number of anilines is 1. The van der Waals surface area contributed by atoms with Crippen LogP contribution in [0.2, 0.25) is 0 Å². The van der Waals surface area contributed by atoms with E-state index in [1.54, 1.807) is 24.3 Å². The van der Waals surface area contributed by atoms with E-state index in [4.69, 9.17) is 0 Å². The Bertz CT molecular complexity index is 576. The van der Waals surface area contributed by atoms with E-state index < -0.39 is 5.76 Å². The lowest BCUT2D eigenvalue weighted by Crippen LogP contribution is -1.99. The van der Waals surface area contributed by atoms with Crippen molar-refractivity contribution in [2.24, 2.45) is 0 Å². The summed E-state index contributed by atoms with van der Waals surface area (Å²) in [6.45, 7) is 0.674. The average Bonchev–Trinajstić information content (AvgIpc) is 2.41. The Kier molecular flexibility index (Phi) is 5.86. The van der Waals surface area contributed by atoms with Gasteiger partial charge in [0.2, 0.25) is 0 Å². The van der Waals surface area contributed by atoms with Gasteiger partial charge in [-0.05, 0) is 73.8 Å². The van der Waals surface area contributed by atoms with Crippen molar-refractivity contribution in [1.82, 2.24) is 0 Å². The van der Waals surface area contributed by atoms with E-state index in [9.17, 15) is 8.78 Å². The Morgan fingerprint density at radius 3 is 2.30 bits per heavy atom. The molecule has 0 aliphatic heterocycles. The molecular formula is C14H11Br2F2NS. The molecule has 0 aromatic heterocycles. The van der Waals surface area contributed by atoms with E-state index >= 15 is 0 Å². The minimum atomic E-state index is -2.38. The smallest absolute Gasteiger partial charge is 0.288 e. The van der Waals surface area contributed by atoms with Crippen LogP contribution in [0, 0.1) is 0 Å². The van der Waals surface area contributed by atoms with Crippen LogP contribution < -0.4 is 5.32 Å². The molecule has 0 heterocycles. The number of thioether (sulfide) groups is 1. The summed E-state index contributed by atoms with van der Waals surface area (Å²) in [7, 11) is 0. The fraction of sp³-hybridized carbons (Fsp3) is 0.143. The van der Waals surface area contributed by atoms with Gasteiger partial charge >= 0.3 is 0 Å². The second-order valence-electron chi connectivity index (χ2n) is 4.00. The summed E-state index contributed by atoms with van der Waals surface area (Å²) >= 11 is 7.43. The number of hydrogen-bond donors (Lipinski definition) is 1. The van der Waals surface area contributed by atoms with Crippen molar-refractivity contribution < 1.29 is 8.78 Å². The zero-order valence-corrected chi connectivity index (χ0v) is 14.2. The Morgan fingerprint density at radius 2 is 1.70 bits per heavy atom. The standard InChI is InChI=1S/C14H11Br2F2NS/c15-12-6-1-9(7-13(12)16)8-19-10-2-4-11(5-3-10)20-14(17)18/h1-7,14,19H,8H2. The highest BCUT2D eigenvalue weighted by molar-refractivity contribution is 9.13. The van der Waals surface area contributed by atoms with Gasteiger partial charge in [0.15, 0.2) is 0 Å². The molecule has 0 saturated heterocycles. The topological polar surface area (TPSA) is 12.0 Å². The summed E-state index contributed by atoms with van der Waals surface area (Å²) in [5.74, 6) is -2.38. The maximum Gasteiger partial charge on any atom is 0.288 e. The van der Waals surface area contributed by atoms with Crippen LogP contribution in [0.4, 0.5) is 14.5 Å². The maximum atomic E-state index is 12.2. The molecule has 1 N–H and O–H groups in total. The highest BCUT2D eigenvalue weighted by atomic mass is 79.9. The first-order valence-corrected chi connectivity index (χ1v) is 8.24. The predicted octanol–water partition coefficient (Wildman–Crippen LogP) is 6.14. The Morgan fingerprint density at radius 1 is 1.00 bits per heavy atom. The van der Waals surface area contributed by atoms with Crippen LogP contribution in [0.15, 0.2) is 56.3 Å². The van der Waals surface area contributed by atoms with Gasteiger partial charge in [0.1, 0.15) is 0 Å². The minimum Gasteiger partial charge on any atom is -0.381 e. The first-order chi connectivity index (χ1) is 9.54. The molecule has 1 nitrogen and oxygen atoms in total. The van der Waals surface area contributed by atoms with Crippen LogP contribution in [0.1, 0.15) is 5.56 Å². The van der Waals surface area contributed by atoms with Gasteiger partial charge in [-0.3, -0.25) is 0 Å². The summed E-state index contributed by atoms with van der Waals surface area (Å²) in [6, 6.07) is 13.0. The molecule has 0 aliphatic carbocycles. The van der Waals surface area contributed by atoms with E-state index in [2.05, 4.69) is 37.2 Å². The van der Waals surface area contributed by atoms with E-state index in [-0.39, 0.29) is 0 Å². The lowest BCUT2D eigenvalue weighted by molar-refractivity contribution is 0.252. The monoisotopic (exact) mass is 421 g/mol. The third-order valence-electron chi connectivity index (χ3n) is 2.56. The fourth-order valence-corrected chi connectivity index (χ4v) is 2.78. The van der Waals surface area contributed by atoms with E-state index in [1.165, 1.54) is 0 Å². The van der Waals surface area contributed by atoms with Gasteiger partial charge in [0.25, 0.3) is 5.76 Å². The number of nitrogens with one attached hydrogen (secondary N) is 1. The van der Waals surface area contributed by atoms with E-state index in [0.29, 0.717) is 23.2 Å². The second-order valence-corrected chi connectivity index (χ2v) is 6.78. The molecule has 0 fully saturated rings. The number of halogens is 4. The van der Waals surface area contributed by atoms with E-state index in [0.717, 1.165) is 20.2 Å². The van der Waals surface area contributed by atoms with Crippen molar-refractivity contribution in [2.45, 2.75) is 17.2 Å².